The third-order valence-corrected chi connectivity index (χ3v) is 5.68. The Balaban J connectivity index is 1.52. The van der Waals surface area contributed by atoms with Crippen molar-refractivity contribution >= 4 is 21.9 Å². The SMILES string of the molecule is Cc1cc(F)cc(-c2cccc3[nH]c(-c4n[nH]c5ncc(-c6cccnc6)cc45)cc23)c1. The summed E-state index contributed by atoms with van der Waals surface area (Å²) in [5.74, 6) is -0.236. The van der Waals surface area contributed by atoms with Gasteiger partial charge in [0, 0.05) is 46.0 Å². The molecule has 6 heteroatoms. The maximum absolute atomic E-state index is 14.1. The summed E-state index contributed by atoms with van der Waals surface area (Å²) in [6.45, 7) is 1.90. The third-order valence-electron chi connectivity index (χ3n) is 5.68. The number of aromatic nitrogens is 5. The highest BCUT2D eigenvalue weighted by molar-refractivity contribution is 6.01. The first kappa shape index (κ1) is 18.4. The van der Waals surface area contributed by atoms with Crippen LogP contribution in [0.3, 0.4) is 0 Å². The van der Waals surface area contributed by atoms with E-state index in [1.807, 2.05) is 55.7 Å². The van der Waals surface area contributed by atoms with E-state index in [1.165, 1.54) is 6.07 Å². The van der Waals surface area contributed by atoms with Gasteiger partial charge in [-0.1, -0.05) is 24.3 Å². The van der Waals surface area contributed by atoms with Crippen molar-refractivity contribution in [2.75, 3.05) is 0 Å². The van der Waals surface area contributed by atoms with Gasteiger partial charge in [-0.3, -0.25) is 10.1 Å². The zero-order valence-electron chi connectivity index (χ0n) is 17.2. The number of halogens is 1. The molecule has 0 bridgehead atoms. The van der Waals surface area contributed by atoms with Crippen LogP contribution in [0.15, 0.2) is 79.3 Å². The van der Waals surface area contributed by atoms with Crippen LogP contribution in [0.5, 0.6) is 0 Å². The Bertz CT molecular complexity index is 1580. The van der Waals surface area contributed by atoms with Gasteiger partial charge in [-0.25, -0.2) is 9.37 Å². The van der Waals surface area contributed by atoms with E-state index >= 15 is 0 Å². The highest BCUT2D eigenvalue weighted by Gasteiger charge is 2.15. The van der Waals surface area contributed by atoms with Crippen molar-refractivity contribution in [3.8, 4) is 33.6 Å². The monoisotopic (exact) mass is 419 g/mol. The largest absolute Gasteiger partial charge is 0.353 e. The molecule has 0 saturated heterocycles. The molecule has 0 aliphatic heterocycles. The molecule has 0 saturated carbocycles. The van der Waals surface area contributed by atoms with E-state index < -0.39 is 0 Å². The molecule has 5 nitrogen and oxygen atoms in total. The van der Waals surface area contributed by atoms with Crippen LogP contribution >= 0.6 is 0 Å². The van der Waals surface area contributed by atoms with Crippen molar-refractivity contribution in [1.82, 2.24) is 25.1 Å². The van der Waals surface area contributed by atoms with Crippen LogP contribution in [0, 0.1) is 12.7 Å². The normalized spacial score (nSPS) is 11.4. The Morgan fingerprint density at radius 2 is 1.78 bits per heavy atom. The number of hydrogen-bond donors (Lipinski definition) is 2. The van der Waals surface area contributed by atoms with Crippen LogP contribution < -0.4 is 0 Å². The predicted molar refractivity (Wildman–Crippen MR) is 125 cm³/mol. The van der Waals surface area contributed by atoms with Gasteiger partial charge in [0.2, 0.25) is 0 Å². The molecule has 6 aromatic rings. The minimum Gasteiger partial charge on any atom is -0.353 e. The zero-order chi connectivity index (χ0) is 21.7. The maximum atomic E-state index is 14.1. The molecular formula is C26H18FN5. The van der Waals surface area contributed by atoms with Crippen LogP contribution in [0.2, 0.25) is 0 Å². The topological polar surface area (TPSA) is 70.2 Å². The molecule has 32 heavy (non-hydrogen) atoms. The lowest BCUT2D eigenvalue weighted by Gasteiger charge is -2.05. The molecule has 0 unspecified atom stereocenters. The second kappa shape index (κ2) is 7.13. The summed E-state index contributed by atoms with van der Waals surface area (Å²) >= 11 is 0. The van der Waals surface area contributed by atoms with Crippen molar-refractivity contribution in [1.29, 1.82) is 0 Å². The molecule has 2 N–H and O–H groups in total. The lowest BCUT2D eigenvalue weighted by molar-refractivity contribution is 0.627. The van der Waals surface area contributed by atoms with E-state index in [9.17, 15) is 4.39 Å². The van der Waals surface area contributed by atoms with Crippen molar-refractivity contribution < 1.29 is 4.39 Å². The summed E-state index contributed by atoms with van der Waals surface area (Å²) in [6, 6.07) is 19.2. The Labute approximate surface area is 183 Å². The Hall–Kier alpha value is -4.32. The van der Waals surface area contributed by atoms with Crippen LogP contribution in [0.25, 0.3) is 55.6 Å². The number of nitrogens with zero attached hydrogens (tertiary/aromatic N) is 3. The maximum Gasteiger partial charge on any atom is 0.155 e. The second-order valence-electron chi connectivity index (χ2n) is 7.90. The number of hydrogen-bond acceptors (Lipinski definition) is 3. The number of fused-ring (bicyclic) bond motifs is 2. The third kappa shape index (κ3) is 3.04. The predicted octanol–water partition coefficient (Wildman–Crippen LogP) is 6.28. The first-order valence-electron chi connectivity index (χ1n) is 10.3. The second-order valence-corrected chi connectivity index (χ2v) is 7.90. The number of pyridine rings is 2. The number of rotatable bonds is 3. The van der Waals surface area contributed by atoms with E-state index in [4.69, 9.17) is 0 Å². The summed E-state index contributed by atoms with van der Waals surface area (Å²) in [5, 5.41) is 9.49. The van der Waals surface area contributed by atoms with E-state index in [1.54, 1.807) is 12.3 Å². The number of H-pyrrole nitrogens is 2. The van der Waals surface area contributed by atoms with Crippen LogP contribution in [-0.2, 0) is 0 Å². The first-order valence-corrected chi connectivity index (χ1v) is 10.3. The molecule has 0 amide bonds. The molecule has 0 aliphatic rings. The number of nitrogens with one attached hydrogen (secondary N) is 2. The average molecular weight is 419 g/mol. The quantitative estimate of drug-likeness (QED) is 0.354. The molecule has 6 rings (SSSR count). The fraction of sp³-hybridized carbons (Fsp3) is 0.0385. The summed E-state index contributed by atoms with van der Waals surface area (Å²) < 4.78 is 14.1. The molecule has 2 aromatic carbocycles. The van der Waals surface area contributed by atoms with Gasteiger partial charge in [0.25, 0.3) is 0 Å². The fourth-order valence-electron chi connectivity index (χ4n) is 4.23. The molecule has 4 aromatic heterocycles. The van der Waals surface area contributed by atoms with Crippen molar-refractivity contribution in [3.63, 3.8) is 0 Å². The van der Waals surface area contributed by atoms with Gasteiger partial charge in [0.1, 0.15) is 11.5 Å². The van der Waals surface area contributed by atoms with Crippen LogP contribution in [-0.4, -0.2) is 25.1 Å². The van der Waals surface area contributed by atoms with Crippen LogP contribution in [0.4, 0.5) is 4.39 Å². The Morgan fingerprint density at radius 3 is 2.62 bits per heavy atom. The molecule has 0 atom stereocenters. The molecule has 0 radical (unpaired) electrons. The highest BCUT2D eigenvalue weighted by Crippen LogP contribution is 2.35. The van der Waals surface area contributed by atoms with E-state index in [0.29, 0.717) is 5.65 Å². The molecule has 154 valence electrons. The summed E-state index contributed by atoms with van der Waals surface area (Å²) in [5.41, 5.74) is 8.02. The molecule has 0 spiro atoms. The van der Waals surface area contributed by atoms with E-state index in [2.05, 4.69) is 37.3 Å². The summed E-state index contributed by atoms with van der Waals surface area (Å²) in [7, 11) is 0. The lowest BCUT2D eigenvalue weighted by atomic mass is 9.99. The average Bonchev–Trinajstić information content (AvgIpc) is 3.42. The summed E-state index contributed by atoms with van der Waals surface area (Å²) in [6.07, 6.45) is 5.39. The molecular weight excluding hydrogens is 401 g/mol. The van der Waals surface area contributed by atoms with Crippen LogP contribution in [0.1, 0.15) is 5.56 Å². The smallest absolute Gasteiger partial charge is 0.155 e. The minimum absolute atomic E-state index is 0.236. The highest BCUT2D eigenvalue weighted by atomic mass is 19.1. The Kier molecular flexibility index (Phi) is 4.11. The first-order chi connectivity index (χ1) is 15.7. The van der Waals surface area contributed by atoms with Crippen molar-refractivity contribution in [2.45, 2.75) is 6.92 Å². The number of aromatic amines is 2. The van der Waals surface area contributed by atoms with Gasteiger partial charge < -0.3 is 4.98 Å². The molecule has 0 fully saturated rings. The standard InChI is InChI=1S/C26H18FN5/c1-15-8-17(10-19(27)9-15)20-5-2-6-23-21(20)12-24(30-23)25-22-11-18(14-29-26(22)32-31-25)16-4-3-7-28-13-16/h2-14,30H,1H3,(H,29,31,32). The zero-order valence-corrected chi connectivity index (χ0v) is 17.2. The number of aryl methyl sites for hydroxylation is 1. The van der Waals surface area contributed by atoms with Gasteiger partial charge >= 0.3 is 0 Å². The van der Waals surface area contributed by atoms with Gasteiger partial charge in [0.05, 0.1) is 5.69 Å². The van der Waals surface area contributed by atoms with Crippen molar-refractivity contribution in [2.24, 2.45) is 0 Å². The Morgan fingerprint density at radius 1 is 0.844 bits per heavy atom. The minimum atomic E-state index is -0.236. The van der Waals surface area contributed by atoms with E-state index in [-0.39, 0.29) is 5.82 Å². The van der Waals surface area contributed by atoms with Gasteiger partial charge in [-0.2, -0.15) is 5.10 Å². The molecule has 0 aliphatic carbocycles. The van der Waals surface area contributed by atoms with Gasteiger partial charge in [-0.05, 0) is 60.0 Å². The van der Waals surface area contributed by atoms with Gasteiger partial charge in [0.15, 0.2) is 5.65 Å². The van der Waals surface area contributed by atoms with E-state index in [0.717, 1.165) is 55.5 Å². The molecule has 4 heterocycles. The van der Waals surface area contributed by atoms with Gasteiger partial charge in [-0.15, -0.1) is 0 Å². The van der Waals surface area contributed by atoms with Crippen molar-refractivity contribution in [3.05, 3.63) is 90.6 Å². The summed E-state index contributed by atoms with van der Waals surface area (Å²) in [4.78, 5) is 12.2. The number of benzene rings is 2. The lowest BCUT2D eigenvalue weighted by Crippen LogP contribution is -1.84. The fourth-order valence-corrected chi connectivity index (χ4v) is 4.23.